The van der Waals surface area contributed by atoms with Gasteiger partial charge in [-0.2, -0.15) is 0 Å². The summed E-state index contributed by atoms with van der Waals surface area (Å²) >= 11 is 0. The molecule has 1 heterocycles. The third-order valence-corrected chi connectivity index (χ3v) is 4.67. The van der Waals surface area contributed by atoms with Crippen molar-refractivity contribution in [3.8, 4) is 5.75 Å². The van der Waals surface area contributed by atoms with E-state index in [1.165, 1.54) is 44.2 Å². The number of hydrogen-bond acceptors (Lipinski definition) is 3. The van der Waals surface area contributed by atoms with Gasteiger partial charge in [-0.15, -0.1) is 0 Å². The van der Waals surface area contributed by atoms with E-state index in [2.05, 4.69) is 29.2 Å². The summed E-state index contributed by atoms with van der Waals surface area (Å²) in [4.78, 5) is 2.51. The van der Waals surface area contributed by atoms with Gasteiger partial charge in [0.2, 0.25) is 0 Å². The Morgan fingerprint density at radius 1 is 1.15 bits per heavy atom. The first-order valence-electron chi connectivity index (χ1n) is 8.02. The van der Waals surface area contributed by atoms with Crippen LogP contribution in [-0.2, 0) is 6.54 Å². The molecule has 20 heavy (non-hydrogen) atoms. The van der Waals surface area contributed by atoms with Crippen molar-refractivity contribution in [2.75, 3.05) is 19.6 Å². The minimum Gasteiger partial charge on any atom is -0.490 e. The number of hydrogen-bond donors (Lipinski definition) is 1. The van der Waals surface area contributed by atoms with Crippen LogP contribution in [0, 0.1) is 5.92 Å². The Morgan fingerprint density at radius 2 is 1.95 bits per heavy atom. The fourth-order valence-electron chi connectivity index (χ4n) is 3.42. The molecule has 2 N–H and O–H groups in total. The number of ether oxygens (including phenoxy) is 1. The zero-order valence-electron chi connectivity index (χ0n) is 12.3. The normalized spacial score (nSPS) is 24.4. The highest BCUT2D eigenvalue weighted by Crippen LogP contribution is 2.28. The first-order chi connectivity index (χ1) is 9.85. The number of likely N-dealkylation sites (tertiary alicyclic amines) is 1. The van der Waals surface area contributed by atoms with Crippen molar-refractivity contribution in [3.63, 3.8) is 0 Å². The third kappa shape index (κ3) is 3.33. The molecule has 3 nitrogen and oxygen atoms in total. The molecule has 2 fully saturated rings. The molecule has 3 rings (SSSR count). The van der Waals surface area contributed by atoms with Crippen LogP contribution in [0.15, 0.2) is 24.3 Å². The first-order valence-corrected chi connectivity index (χ1v) is 8.02. The molecule has 110 valence electrons. The molecule has 1 saturated heterocycles. The zero-order valence-corrected chi connectivity index (χ0v) is 12.3. The molecule has 1 aromatic carbocycles. The second-order valence-corrected chi connectivity index (χ2v) is 6.26. The number of nitrogens with zero attached hydrogens (tertiary/aromatic N) is 1. The lowest BCUT2D eigenvalue weighted by molar-refractivity contribution is 0.204. The fraction of sp³-hybridized carbons (Fsp3) is 0.647. The van der Waals surface area contributed by atoms with Crippen molar-refractivity contribution in [2.45, 2.75) is 44.8 Å². The average Bonchev–Trinajstić information content (AvgIpc) is 3.12. The SMILES string of the molecule is NC[C@@H]1CCN(Cc2ccccc2OC2CCCC2)C1. The Bertz CT molecular complexity index is 429. The van der Waals surface area contributed by atoms with Crippen LogP contribution in [-0.4, -0.2) is 30.6 Å². The third-order valence-electron chi connectivity index (χ3n) is 4.67. The maximum atomic E-state index is 6.22. The van der Waals surface area contributed by atoms with Gasteiger partial charge >= 0.3 is 0 Å². The van der Waals surface area contributed by atoms with Crippen molar-refractivity contribution in [1.29, 1.82) is 0 Å². The van der Waals surface area contributed by atoms with Gasteiger partial charge in [-0.3, -0.25) is 4.90 Å². The number of nitrogens with two attached hydrogens (primary N) is 1. The maximum absolute atomic E-state index is 6.22. The summed E-state index contributed by atoms with van der Waals surface area (Å²) < 4.78 is 6.22. The molecule has 1 aliphatic carbocycles. The lowest BCUT2D eigenvalue weighted by atomic mass is 10.1. The van der Waals surface area contributed by atoms with Gasteiger partial charge in [0, 0.05) is 18.7 Å². The summed E-state index contributed by atoms with van der Waals surface area (Å²) in [7, 11) is 0. The Morgan fingerprint density at radius 3 is 2.70 bits per heavy atom. The van der Waals surface area contributed by atoms with Crippen molar-refractivity contribution in [1.82, 2.24) is 4.90 Å². The van der Waals surface area contributed by atoms with Crippen molar-refractivity contribution in [2.24, 2.45) is 11.7 Å². The lowest BCUT2D eigenvalue weighted by Gasteiger charge is -2.20. The number of rotatable bonds is 5. The van der Waals surface area contributed by atoms with Crippen LogP contribution in [0.5, 0.6) is 5.75 Å². The Balaban J connectivity index is 1.63. The smallest absolute Gasteiger partial charge is 0.124 e. The molecule has 1 aromatic rings. The van der Waals surface area contributed by atoms with Gasteiger partial charge in [-0.25, -0.2) is 0 Å². The molecule has 3 heteroatoms. The molecule has 0 aromatic heterocycles. The second kappa shape index (κ2) is 6.59. The van der Waals surface area contributed by atoms with Crippen LogP contribution >= 0.6 is 0 Å². The number of benzene rings is 1. The monoisotopic (exact) mass is 274 g/mol. The van der Waals surface area contributed by atoms with E-state index in [4.69, 9.17) is 10.5 Å². The molecule has 1 aliphatic heterocycles. The minimum atomic E-state index is 0.437. The van der Waals surface area contributed by atoms with Gasteiger partial charge < -0.3 is 10.5 Å². The molecular formula is C17H26N2O. The molecule has 2 aliphatic rings. The minimum absolute atomic E-state index is 0.437. The summed E-state index contributed by atoms with van der Waals surface area (Å²) in [5.74, 6) is 1.77. The van der Waals surface area contributed by atoms with Crippen LogP contribution < -0.4 is 10.5 Å². The summed E-state index contributed by atoms with van der Waals surface area (Å²) in [5.41, 5.74) is 7.11. The van der Waals surface area contributed by atoms with Crippen molar-refractivity contribution < 1.29 is 4.74 Å². The topological polar surface area (TPSA) is 38.5 Å². The largest absolute Gasteiger partial charge is 0.490 e. The molecule has 0 radical (unpaired) electrons. The van der Waals surface area contributed by atoms with Crippen LogP contribution in [0.25, 0.3) is 0 Å². The van der Waals surface area contributed by atoms with E-state index in [0.717, 1.165) is 25.4 Å². The van der Waals surface area contributed by atoms with E-state index in [1.807, 2.05) is 0 Å². The van der Waals surface area contributed by atoms with Crippen LogP contribution in [0.2, 0.25) is 0 Å². The highest BCUT2D eigenvalue weighted by atomic mass is 16.5. The predicted octanol–water partition coefficient (Wildman–Crippen LogP) is 2.79. The standard InChI is InChI=1S/C17H26N2O/c18-11-14-9-10-19(12-14)13-15-5-1-4-8-17(15)20-16-6-2-3-7-16/h1,4-5,8,14,16H,2-3,6-7,9-13,18H2/t14-/m0/s1. The van der Waals surface area contributed by atoms with E-state index in [9.17, 15) is 0 Å². The predicted molar refractivity (Wildman–Crippen MR) is 81.8 cm³/mol. The van der Waals surface area contributed by atoms with E-state index in [1.54, 1.807) is 0 Å². The van der Waals surface area contributed by atoms with Crippen LogP contribution in [0.3, 0.4) is 0 Å². The molecular weight excluding hydrogens is 248 g/mol. The summed E-state index contributed by atoms with van der Waals surface area (Å²) in [6.07, 6.45) is 6.74. The van der Waals surface area contributed by atoms with E-state index in [-0.39, 0.29) is 0 Å². The zero-order chi connectivity index (χ0) is 13.8. The molecule has 1 saturated carbocycles. The Hall–Kier alpha value is -1.06. The van der Waals surface area contributed by atoms with Gasteiger partial charge in [0.25, 0.3) is 0 Å². The molecule has 0 unspecified atom stereocenters. The van der Waals surface area contributed by atoms with Gasteiger partial charge in [-0.1, -0.05) is 18.2 Å². The Labute approximate surface area is 122 Å². The van der Waals surface area contributed by atoms with Crippen LogP contribution in [0.4, 0.5) is 0 Å². The van der Waals surface area contributed by atoms with Gasteiger partial charge in [0.05, 0.1) is 6.10 Å². The van der Waals surface area contributed by atoms with Crippen molar-refractivity contribution >= 4 is 0 Å². The average molecular weight is 274 g/mol. The quantitative estimate of drug-likeness (QED) is 0.897. The maximum Gasteiger partial charge on any atom is 0.124 e. The highest BCUT2D eigenvalue weighted by molar-refractivity contribution is 5.33. The van der Waals surface area contributed by atoms with Crippen molar-refractivity contribution in [3.05, 3.63) is 29.8 Å². The van der Waals surface area contributed by atoms with E-state index in [0.29, 0.717) is 12.0 Å². The van der Waals surface area contributed by atoms with Gasteiger partial charge in [0.15, 0.2) is 0 Å². The molecule has 0 spiro atoms. The Kier molecular flexibility index (Phi) is 4.58. The summed E-state index contributed by atoms with van der Waals surface area (Å²) in [5, 5.41) is 0. The fourth-order valence-corrected chi connectivity index (χ4v) is 3.42. The first kappa shape index (κ1) is 13.9. The van der Waals surface area contributed by atoms with E-state index < -0.39 is 0 Å². The van der Waals surface area contributed by atoms with Crippen LogP contribution in [0.1, 0.15) is 37.7 Å². The summed E-state index contributed by atoms with van der Waals surface area (Å²) in [6, 6.07) is 8.54. The molecule has 1 atom stereocenters. The lowest BCUT2D eigenvalue weighted by Crippen LogP contribution is -2.23. The molecule has 0 amide bonds. The second-order valence-electron chi connectivity index (χ2n) is 6.26. The highest BCUT2D eigenvalue weighted by Gasteiger charge is 2.23. The molecule has 0 bridgehead atoms. The summed E-state index contributed by atoms with van der Waals surface area (Å²) in [6.45, 7) is 4.12. The van der Waals surface area contributed by atoms with Gasteiger partial charge in [-0.05, 0) is 57.2 Å². The number of para-hydroxylation sites is 1. The van der Waals surface area contributed by atoms with Gasteiger partial charge in [0.1, 0.15) is 5.75 Å². The van der Waals surface area contributed by atoms with E-state index >= 15 is 0 Å².